The van der Waals surface area contributed by atoms with Crippen molar-refractivity contribution in [1.29, 1.82) is 0 Å². The van der Waals surface area contributed by atoms with Crippen molar-refractivity contribution in [2.75, 3.05) is 32.1 Å². The molecule has 1 amide bonds. The van der Waals surface area contributed by atoms with Crippen molar-refractivity contribution in [1.82, 2.24) is 14.5 Å². The highest BCUT2D eigenvalue weighted by atomic mass is 32.2. The van der Waals surface area contributed by atoms with E-state index in [9.17, 15) is 9.59 Å². The van der Waals surface area contributed by atoms with Crippen LogP contribution in [0, 0.1) is 13.8 Å². The molecule has 29 heavy (non-hydrogen) atoms. The van der Waals surface area contributed by atoms with Crippen LogP contribution in [-0.4, -0.2) is 62.6 Å². The molecule has 0 saturated carbocycles. The molecular formula is C20H23N3O4S2. The number of thiophene rings is 1. The van der Waals surface area contributed by atoms with Gasteiger partial charge in [-0.15, -0.1) is 11.3 Å². The van der Waals surface area contributed by atoms with Crippen molar-refractivity contribution in [2.45, 2.75) is 19.0 Å². The lowest BCUT2D eigenvalue weighted by atomic mass is 10.2. The number of aromatic nitrogens is 2. The largest absolute Gasteiger partial charge is 0.395 e. The van der Waals surface area contributed by atoms with Crippen LogP contribution in [0.15, 0.2) is 40.3 Å². The molecule has 0 bridgehead atoms. The molecule has 2 aromatic heterocycles. The summed E-state index contributed by atoms with van der Waals surface area (Å²) >= 11 is 2.65. The first kappa shape index (κ1) is 21.5. The zero-order chi connectivity index (χ0) is 21.0. The topological polar surface area (TPSA) is 95.7 Å². The maximum absolute atomic E-state index is 13.3. The maximum Gasteiger partial charge on any atom is 0.267 e. The smallest absolute Gasteiger partial charge is 0.267 e. The molecule has 0 saturated heterocycles. The average Bonchev–Trinajstić information content (AvgIpc) is 3.00. The zero-order valence-electron chi connectivity index (χ0n) is 16.3. The van der Waals surface area contributed by atoms with Crippen LogP contribution in [0.2, 0.25) is 0 Å². The quantitative estimate of drug-likeness (QED) is 0.417. The Morgan fingerprint density at radius 3 is 2.45 bits per heavy atom. The van der Waals surface area contributed by atoms with Gasteiger partial charge in [0.05, 0.1) is 30.0 Å². The Hall–Kier alpha value is -2.20. The van der Waals surface area contributed by atoms with Crippen molar-refractivity contribution < 1.29 is 15.0 Å². The first-order valence-electron chi connectivity index (χ1n) is 9.18. The van der Waals surface area contributed by atoms with E-state index in [1.807, 2.05) is 44.2 Å². The minimum Gasteiger partial charge on any atom is -0.395 e. The van der Waals surface area contributed by atoms with Gasteiger partial charge in [0.25, 0.3) is 5.56 Å². The standard InChI is InChI=1S/C20H23N3O4S2/c1-13-14(2)29-18-17(13)19(27)23(15-6-4-3-5-7-15)20(21-18)28-12-16(26)22(8-10-24)9-11-25/h3-7,24-25H,8-12H2,1-2H3. The van der Waals surface area contributed by atoms with Crippen LogP contribution < -0.4 is 5.56 Å². The monoisotopic (exact) mass is 433 g/mol. The van der Waals surface area contributed by atoms with Gasteiger partial charge in [-0.1, -0.05) is 30.0 Å². The molecule has 0 aliphatic carbocycles. The predicted octanol–water partition coefficient (Wildman–Crippen LogP) is 1.97. The van der Waals surface area contributed by atoms with Gasteiger partial charge >= 0.3 is 0 Å². The molecule has 9 heteroatoms. The molecule has 0 aliphatic heterocycles. The number of para-hydroxylation sites is 1. The second kappa shape index (κ2) is 9.53. The number of aryl methyl sites for hydroxylation is 2. The molecule has 0 fully saturated rings. The van der Waals surface area contributed by atoms with E-state index < -0.39 is 0 Å². The number of thioether (sulfide) groups is 1. The van der Waals surface area contributed by atoms with E-state index in [-0.39, 0.29) is 43.5 Å². The first-order chi connectivity index (χ1) is 14.0. The molecule has 154 valence electrons. The van der Waals surface area contributed by atoms with E-state index in [2.05, 4.69) is 0 Å². The molecular weight excluding hydrogens is 410 g/mol. The normalized spacial score (nSPS) is 11.2. The van der Waals surface area contributed by atoms with Gasteiger partial charge in [0.15, 0.2) is 5.16 Å². The van der Waals surface area contributed by atoms with Crippen LogP contribution in [0.3, 0.4) is 0 Å². The average molecular weight is 434 g/mol. The fourth-order valence-corrected chi connectivity index (χ4v) is 4.98. The number of aliphatic hydroxyl groups is 2. The van der Waals surface area contributed by atoms with E-state index in [0.717, 1.165) is 10.4 Å². The molecule has 0 spiro atoms. The summed E-state index contributed by atoms with van der Waals surface area (Å²) in [4.78, 5) is 33.6. The Morgan fingerprint density at radius 1 is 1.17 bits per heavy atom. The third-order valence-corrected chi connectivity index (χ3v) is 6.63. The van der Waals surface area contributed by atoms with Gasteiger partial charge in [-0.05, 0) is 31.5 Å². The second-order valence-corrected chi connectivity index (χ2v) is 8.60. The Morgan fingerprint density at radius 2 is 1.83 bits per heavy atom. The van der Waals surface area contributed by atoms with Crippen molar-refractivity contribution in [3.63, 3.8) is 0 Å². The van der Waals surface area contributed by atoms with Gasteiger partial charge in [-0.3, -0.25) is 14.2 Å². The number of rotatable bonds is 8. The van der Waals surface area contributed by atoms with Gasteiger partial charge < -0.3 is 15.1 Å². The summed E-state index contributed by atoms with van der Waals surface area (Å²) in [7, 11) is 0. The number of amides is 1. The molecule has 0 radical (unpaired) electrons. The van der Waals surface area contributed by atoms with E-state index in [4.69, 9.17) is 15.2 Å². The van der Waals surface area contributed by atoms with Gasteiger partial charge in [0.2, 0.25) is 5.91 Å². The van der Waals surface area contributed by atoms with E-state index >= 15 is 0 Å². The summed E-state index contributed by atoms with van der Waals surface area (Å²) in [5.74, 6) is -0.181. The summed E-state index contributed by atoms with van der Waals surface area (Å²) in [6, 6.07) is 9.24. The molecule has 0 atom stereocenters. The highest BCUT2D eigenvalue weighted by Gasteiger charge is 2.20. The minimum absolute atomic E-state index is 0.0497. The van der Waals surface area contributed by atoms with E-state index in [1.165, 1.54) is 28.0 Å². The summed E-state index contributed by atoms with van der Waals surface area (Å²) in [6.07, 6.45) is 0. The van der Waals surface area contributed by atoms with E-state index in [1.54, 1.807) is 4.57 Å². The highest BCUT2D eigenvalue weighted by Crippen LogP contribution is 2.29. The number of aliphatic hydroxyl groups excluding tert-OH is 2. The van der Waals surface area contributed by atoms with Crippen LogP contribution in [0.25, 0.3) is 15.9 Å². The van der Waals surface area contributed by atoms with Gasteiger partial charge in [0, 0.05) is 18.0 Å². The number of fused-ring (bicyclic) bond motifs is 1. The fourth-order valence-electron chi connectivity index (χ4n) is 3.00. The number of nitrogens with zero attached hydrogens (tertiary/aromatic N) is 3. The van der Waals surface area contributed by atoms with Gasteiger partial charge in [-0.25, -0.2) is 4.98 Å². The third-order valence-electron chi connectivity index (χ3n) is 4.60. The molecule has 7 nitrogen and oxygen atoms in total. The Labute approximate surface area is 176 Å². The number of carbonyl (C=O) groups excluding carboxylic acids is 1. The van der Waals surface area contributed by atoms with Crippen molar-refractivity contribution in [2.24, 2.45) is 0 Å². The molecule has 3 rings (SSSR count). The highest BCUT2D eigenvalue weighted by molar-refractivity contribution is 7.99. The maximum atomic E-state index is 13.3. The first-order valence-corrected chi connectivity index (χ1v) is 11.0. The van der Waals surface area contributed by atoms with Crippen LogP contribution in [0.5, 0.6) is 0 Å². The molecule has 2 heterocycles. The summed E-state index contributed by atoms with van der Waals surface area (Å²) in [6.45, 7) is 3.84. The lowest BCUT2D eigenvalue weighted by molar-refractivity contribution is -0.129. The predicted molar refractivity (Wildman–Crippen MR) is 116 cm³/mol. The van der Waals surface area contributed by atoms with Crippen LogP contribution in [-0.2, 0) is 4.79 Å². The number of hydrogen-bond acceptors (Lipinski definition) is 7. The van der Waals surface area contributed by atoms with Crippen LogP contribution >= 0.6 is 23.1 Å². The number of hydrogen-bond donors (Lipinski definition) is 2. The molecule has 2 N–H and O–H groups in total. The van der Waals surface area contributed by atoms with Gasteiger partial charge in [0.1, 0.15) is 4.83 Å². The fraction of sp³-hybridized carbons (Fsp3) is 0.350. The molecule has 0 unspecified atom stereocenters. The van der Waals surface area contributed by atoms with Gasteiger partial charge in [-0.2, -0.15) is 0 Å². The summed E-state index contributed by atoms with van der Waals surface area (Å²) < 4.78 is 1.54. The van der Waals surface area contributed by atoms with E-state index in [0.29, 0.717) is 21.1 Å². The van der Waals surface area contributed by atoms with Crippen molar-refractivity contribution in [3.8, 4) is 5.69 Å². The third kappa shape index (κ3) is 4.53. The minimum atomic E-state index is -0.231. The lowest BCUT2D eigenvalue weighted by Gasteiger charge is -2.20. The van der Waals surface area contributed by atoms with Crippen molar-refractivity contribution >= 4 is 39.2 Å². The Kier molecular flexibility index (Phi) is 7.07. The number of carbonyl (C=O) groups is 1. The molecule has 3 aromatic rings. The Bertz CT molecular complexity index is 1060. The van der Waals surface area contributed by atoms with Crippen LogP contribution in [0.1, 0.15) is 10.4 Å². The SMILES string of the molecule is Cc1sc2nc(SCC(=O)N(CCO)CCO)n(-c3ccccc3)c(=O)c2c1C. The Balaban J connectivity index is 2.02. The molecule has 0 aliphatic rings. The molecule has 1 aromatic carbocycles. The summed E-state index contributed by atoms with van der Waals surface area (Å²) in [5.41, 5.74) is 1.46. The summed E-state index contributed by atoms with van der Waals surface area (Å²) in [5, 5.41) is 19.3. The number of benzene rings is 1. The second-order valence-electron chi connectivity index (χ2n) is 6.45. The zero-order valence-corrected chi connectivity index (χ0v) is 17.9. The van der Waals surface area contributed by atoms with Crippen molar-refractivity contribution in [3.05, 3.63) is 51.1 Å². The lowest BCUT2D eigenvalue weighted by Crippen LogP contribution is -2.37. The van der Waals surface area contributed by atoms with Crippen LogP contribution in [0.4, 0.5) is 0 Å².